The predicted octanol–water partition coefficient (Wildman–Crippen LogP) is 3.76. The van der Waals surface area contributed by atoms with Gasteiger partial charge in [0.25, 0.3) is 0 Å². The summed E-state index contributed by atoms with van der Waals surface area (Å²) in [6.45, 7) is -0.242. The lowest BCUT2D eigenvalue weighted by atomic mass is 9.97. The van der Waals surface area contributed by atoms with Gasteiger partial charge in [0, 0.05) is 6.42 Å². The maximum Gasteiger partial charge on any atom is 0.408 e. The van der Waals surface area contributed by atoms with Gasteiger partial charge in [-0.25, -0.2) is 9.59 Å². The van der Waals surface area contributed by atoms with E-state index >= 15 is 0 Å². The van der Waals surface area contributed by atoms with Crippen LogP contribution in [0.1, 0.15) is 42.1 Å². The van der Waals surface area contributed by atoms with Crippen molar-refractivity contribution >= 4 is 23.9 Å². The van der Waals surface area contributed by atoms with Crippen LogP contribution in [0.3, 0.4) is 0 Å². The molecule has 10 nitrogen and oxygen atoms in total. The number of aliphatic hydroxyl groups is 1. The van der Waals surface area contributed by atoms with E-state index in [1.807, 2.05) is 66.7 Å². The smallest absolute Gasteiger partial charge is 0.408 e. The van der Waals surface area contributed by atoms with Crippen LogP contribution in [0, 0.1) is 5.92 Å². The zero-order chi connectivity index (χ0) is 31.9. The zero-order valence-corrected chi connectivity index (χ0v) is 25.0. The summed E-state index contributed by atoms with van der Waals surface area (Å²) >= 11 is 0. The van der Waals surface area contributed by atoms with Crippen molar-refractivity contribution in [3.05, 3.63) is 120 Å². The standard InChI is InChI=1S/C35H39N3O7/c39-23-29(20-25-12-4-1-5-13-25)37-32(40)21-28-18-10-11-19-30(38-35(43)44-24-26-14-6-2-7-15-26)34(42)45-31(22-36-33(28)41)27-16-8-3-9-17-27/h1-17,28-31,39H,18-24H2,(H,36,41)(H,37,40)(H,38,43)/t28-,29+,30-,31+/m1/s1. The Morgan fingerprint density at radius 1 is 0.889 bits per heavy atom. The Labute approximate surface area is 262 Å². The van der Waals surface area contributed by atoms with Gasteiger partial charge in [-0.15, -0.1) is 0 Å². The van der Waals surface area contributed by atoms with E-state index in [2.05, 4.69) is 16.0 Å². The van der Waals surface area contributed by atoms with E-state index in [1.165, 1.54) is 0 Å². The van der Waals surface area contributed by atoms with Crippen molar-refractivity contribution in [2.45, 2.75) is 50.5 Å². The summed E-state index contributed by atoms with van der Waals surface area (Å²) in [4.78, 5) is 52.2. The van der Waals surface area contributed by atoms with Crippen molar-refractivity contribution in [1.29, 1.82) is 0 Å². The third kappa shape index (κ3) is 10.9. The molecule has 0 saturated heterocycles. The molecule has 45 heavy (non-hydrogen) atoms. The lowest BCUT2D eigenvalue weighted by Crippen LogP contribution is -2.44. The van der Waals surface area contributed by atoms with Crippen molar-refractivity contribution in [2.24, 2.45) is 5.92 Å². The molecule has 4 rings (SSSR count). The summed E-state index contributed by atoms with van der Waals surface area (Å²) in [6, 6.07) is 26.1. The summed E-state index contributed by atoms with van der Waals surface area (Å²) in [6.07, 6.45) is 2.43. The number of carbonyl (C=O) groups is 4. The molecule has 1 aliphatic heterocycles. The molecule has 4 atom stereocenters. The van der Waals surface area contributed by atoms with Crippen LogP contribution < -0.4 is 16.0 Å². The van der Waals surface area contributed by atoms with E-state index in [4.69, 9.17) is 9.47 Å². The molecule has 0 bridgehead atoms. The van der Waals surface area contributed by atoms with Crippen LogP contribution in [-0.2, 0) is 36.9 Å². The van der Waals surface area contributed by atoms with E-state index in [-0.39, 0.29) is 50.8 Å². The quantitative estimate of drug-likeness (QED) is 0.201. The molecule has 3 amide bonds. The third-order valence-corrected chi connectivity index (χ3v) is 7.35. The first-order valence-corrected chi connectivity index (χ1v) is 15.0. The first-order valence-electron chi connectivity index (χ1n) is 15.0. The summed E-state index contributed by atoms with van der Waals surface area (Å²) in [5, 5.41) is 18.1. The monoisotopic (exact) mass is 613 g/mol. The Bertz CT molecular complexity index is 1420. The molecule has 0 aromatic heterocycles. The number of benzene rings is 3. The Kier molecular flexibility index (Phi) is 12.7. The number of hydrogen-bond acceptors (Lipinski definition) is 7. The van der Waals surface area contributed by atoms with Gasteiger partial charge < -0.3 is 30.5 Å². The maximum atomic E-state index is 13.3. The highest BCUT2D eigenvalue weighted by Gasteiger charge is 2.29. The van der Waals surface area contributed by atoms with Gasteiger partial charge in [-0.1, -0.05) is 103 Å². The molecule has 0 unspecified atom stereocenters. The molecule has 0 radical (unpaired) electrons. The number of nitrogens with one attached hydrogen (secondary N) is 3. The number of rotatable bonds is 10. The highest BCUT2D eigenvalue weighted by Crippen LogP contribution is 2.20. The van der Waals surface area contributed by atoms with Crippen molar-refractivity contribution in [1.82, 2.24) is 16.0 Å². The molecule has 0 spiro atoms. The van der Waals surface area contributed by atoms with Crippen molar-refractivity contribution in [3.8, 4) is 0 Å². The van der Waals surface area contributed by atoms with Crippen LogP contribution in [0.5, 0.6) is 0 Å². The fourth-order valence-electron chi connectivity index (χ4n) is 4.92. The molecule has 0 fully saturated rings. The van der Waals surface area contributed by atoms with E-state index < -0.39 is 36.2 Å². The third-order valence-electron chi connectivity index (χ3n) is 7.35. The van der Waals surface area contributed by atoms with Gasteiger partial charge in [0.2, 0.25) is 11.8 Å². The first kappa shape index (κ1) is 32.9. The molecular weight excluding hydrogens is 574 g/mol. The minimum absolute atomic E-state index is 0.0329. The Morgan fingerprint density at radius 3 is 2.18 bits per heavy atom. The number of cyclic esters (lactones) is 1. The maximum absolute atomic E-state index is 13.3. The molecule has 236 valence electrons. The lowest BCUT2D eigenvalue weighted by molar-refractivity contribution is -0.152. The second kappa shape index (κ2) is 17.4. The van der Waals surface area contributed by atoms with Gasteiger partial charge in [-0.05, 0) is 36.0 Å². The number of hydrogen-bond donors (Lipinski definition) is 4. The largest absolute Gasteiger partial charge is 0.454 e. The van der Waals surface area contributed by atoms with Gasteiger partial charge >= 0.3 is 12.1 Å². The number of alkyl carbamates (subject to hydrolysis) is 1. The Morgan fingerprint density at radius 2 is 1.51 bits per heavy atom. The van der Waals surface area contributed by atoms with E-state index in [0.717, 1.165) is 11.1 Å². The topological polar surface area (TPSA) is 143 Å². The van der Waals surface area contributed by atoms with Gasteiger partial charge in [-0.2, -0.15) is 0 Å². The first-order chi connectivity index (χ1) is 21.9. The van der Waals surface area contributed by atoms with Crippen LogP contribution in [0.4, 0.5) is 4.79 Å². The molecule has 10 heteroatoms. The molecule has 0 saturated carbocycles. The van der Waals surface area contributed by atoms with E-state index in [1.54, 1.807) is 36.4 Å². The Balaban J connectivity index is 1.44. The predicted molar refractivity (Wildman–Crippen MR) is 167 cm³/mol. The van der Waals surface area contributed by atoms with Crippen molar-refractivity contribution in [3.63, 3.8) is 0 Å². The van der Waals surface area contributed by atoms with Gasteiger partial charge in [0.05, 0.1) is 25.1 Å². The van der Waals surface area contributed by atoms with Crippen LogP contribution in [0.25, 0.3) is 0 Å². The number of ether oxygens (including phenoxy) is 2. The van der Waals surface area contributed by atoms with Gasteiger partial charge in [0.15, 0.2) is 0 Å². The van der Waals surface area contributed by atoms with Gasteiger partial charge in [0.1, 0.15) is 18.8 Å². The average molecular weight is 614 g/mol. The Hall–Kier alpha value is -4.96. The number of amides is 3. The number of esters is 1. The van der Waals surface area contributed by atoms with Crippen molar-refractivity contribution in [2.75, 3.05) is 13.2 Å². The van der Waals surface area contributed by atoms with Crippen LogP contribution >= 0.6 is 0 Å². The van der Waals surface area contributed by atoms with Crippen LogP contribution in [0.15, 0.2) is 103 Å². The molecule has 4 N–H and O–H groups in total. The normalized spacial score (nSPS) is 19.5. The second-order valence-electron chi connectivity index (χ2n) is 10.8. The van der Waals surface area contributed by atoms with Crippen molar-refractivity contribution < 1.29 is 33.8 Å². The molecular formula is C35H39N3O7. The minimum atomic E-state index is -1.05. The van der Waals surface area contributed by atoms with Crippen LogP contribution in [-0.4, -0.2) is 54.2 Å². The molecule has 3 aromatic rings. The van der Waals surface area contributed by atoms with Gasteiger partial charge in [-0.3, -0.25) is 9.59 Å². The highest BCUT2D eigenvalue weighted by atomic mass is 16.6. The molecule has 0 aliphatic carbocycles. The summed E-state index contributed by atoms with van der Waals surface area (Å²) < 4.78 is 11.1. The zero-order valence-electron chi connectivity index (χ0n) is 25.0. The number of allylic oxidation sites excluding steroid dienone is 1. The summed E-state index contributed by atoms with van der Waals surface area (Å²) in [5.41, 5.74) is 2.43. The number of aliphatic hydroxyl groups excluding tert-OH is 1. The SMILES string of the molecule is O=C(C[C@H]1CC=CC[C@@H](NC(=O)OCc2ccccc2)C(=O)O[C@H](c2ccccc2)CNC1=O)N[C@H](CO)Cc1ccccc1. The molecule has 1 heterocycles. The minimum Gasteiger partial charge on any atom is -0.454 e. The second-order valence-corrected chi connectivity index (χ2v) is 10.8. The summed E-state index contributed by atoms with van der Waals surface area (Å²) in [7, 11) is 0. The fraction of sp³-hybridized carbons (Fsp3) is 0.314. The molecule has 3 aromatic carbocycles. The van der Waals surface area contributed by atoms with Crippen LogP contribution in [0.2, 0.25) is 0 Å². The summed E-state index contributed by atoms with van der Waals surface area (Å²) in [5.74, 6) is -2.12. The highest BCUT2D eigenvalue weighted by molar-refractivity contribution is 5.86. The van der Waals surface area contributed by atoms with E-state index in [9.17, 15) is 24.3 Å². The number of carbonyl (C=O) groups excluding carboxylic acids is 4. The van der Waals surface area contributed by atoms with E-state index in [0.29, 0.717) is 12.0 Å². The molecule has 1 aliphatic rings. The lowest BCUT2D eigenvalue weighted by Gasteiger charge is -2.25. The fourth-order valence-corrected chi connectivity index (χ4v) is 4.92. The average Bonchev–Trinajstić information content (AvgIpc) is 3.06.